The molecular weight excluding hydrogens is 267 g/mol. The van der Waals surface area contributed by atoms with Gasteiger partial charge in [-0.2, -0.15) is 0 Å². The summed E-state index contributed by atoms with van der Waals surface area (Å²) >= 11 is 7.27. The van der Waals surface area contributed by atoms with Gasteiger partial charge in [0.2, 0.25) is 5.91 Å². The Morgan fingerprint density at radius 1 is 1.62 bits per heavy atom. The minimum Gasteiger partial charge on any atom is -0.333 e. The fourth-order valence-corrected chi connectivity index (χ4v) is 2.27. The van der Waals surface area contributed by atoms with Gasteiger partial charge in [-0.15, -0.1) is 30.3 Å². The van der Waals surface area contributed by atoms with E-state index < -0.39 is 0 Å². The maximum atomic E-state index is 11.4. The van der Waals surface area contributed by atoms with Crippen LogP contribution in [0.1, 0.15) is 4.88 Å². The first kappa shape index (κ1) is 15.4. The minimum absolute atomic E-state index is 0. The van der Waals surface area contributed by atoms with Crippen molar-refractivity contribution in [1.29, 1.82) is 0 Å². The quantitative estimate of drug-likeness (QED) is 0.842. The molecular formula is C10H14Cl2N2OS. The predicted octanol–water partition coefficient (Wildman–Crippen LogP) is 2.30. The molecule has 0 fully saturated rings. The first-order valence-electron chi connectivity index (χ1n) is 4.50. The lowest BCUT2D eigenvalue weighted by Gasteiger charge is -2.19. The second-order valence-electron chi connectivity index (χ2n) is 2.97. The molecule has 1 rings (SSSR count). The second kappa shape index (κ2) is 7.68. The zero-order chi connectivity index (χ0) is 11.3. The molecule has 0 saturated heterocycles. The molecule has 2 N–H and O–H groups in total. The molecule has 0 bridgehead atoms. The van der Waals surface area contributed by atoms with E-state index in [1.54, 1.807) is 11.0 Å². The van der Waals surface area contributed by atoms with E-state index in [1.807, 2.05) is 12.1 Å². The Bertz CT molecular complexity index is 354. The molecule has 90 valence electrons. The third-order valence-electron chi connectivity index (χ3n) is 1.85. The number of hydrogen-bond acceptors (Lipinski definition) is 3. The molecule has 16 heavy (non-hydrogen) atoms. The van der Waals surface area contributed by atoms with Crippen molar-refractivity contribution in [3.05, 3.63) is 34.0 Å². The van der Waals surface area contributed by atoms with Crippen LogP contribution in [0, 0.1) is 0 Å². The molecule has 0 radical (unpaired) electrons. The zero-order valence-electron chi connectivity index (χ0n) is 8.69. The van der Waals surface area contributed by atoms with Crippen molar-refractivity contribution in [1.82, 2.24) is 4.90 Å². The van der Waals surface area contributed by atoms with Crippen LogP contribution < -0.4 is 5.73 Å². The number of hydrogen-bond donors (Lipinski definition) is 1. The number of amides is 1. The summed E-state index contributed by atoms with van der Waals surface area (Å²) in [6.07, 6.45) is 1.68. The molecule has 0 aliphatic heterocycles. The summed E-state index contributed by atoms with van der Waals surface area (Å²) in [5, 5.41) is 0. The van der Waals surface area contributed by atoms with Gasteiger partial charge < -0.3 is 10.6 Å². The molecule has 0 aliphatic carbocycles. The molecule has 0 atom stereocenters. The van der Waals surface area contributed by atoms with E-state index in [0.717, 1.165) is 9.21 Å². The van der Waals surface area contributed by atoms with E-state index in [-0.39, 0.29) is 24.9 Å². The Kier molecular flexibility index (Phi) is 7.42. The van der Waals surface area contributed by atoms with E-state index in [1.165, 1.54) is 11.3 Å². The fourth-order valence-electron chi connectivity index (χ4n) is 1.16. The van der Waals surface area contributed by atoms with Crippen molar-refractivity contribution in [3.63, 3.8) is 0 Å². The molecule has 1 aromatic rings. The normalized spacial score (nSPS) is 9.38. The molecule has 0 saturated carbocycles. The Labute approximate surface area is 110 Å². The highest BCUT2D eigenvalue weighted by atomic mass is 35.5. The lowest BCUT2D eigenvalue weighted by Crippen LogP contribution is -2.35. The monoisotopic (exact) mass is 280 g/mol. The van der Waals surface area contributed by atoms with Crippen molar-refractivity contribution >= 4 is 41.3 Å². The third-order valence-corrected chi connectivity index (χ3v) is 3.07. The van der Waals surface area contributed by atoms with E-state index >= 15 is 0 Å². The minimum atomic E-state index is -0.0839. The summed E-state index contributed by atoms with van der Waals surface area (Å²) in [6, 6.07) is 3.73. The van der Waals surface area contributed by atoms with Crippen LogP contribution in [0.3, 0.4) is 0 Å². The van der Waals surface area contributed by atoms with E-state index in [2.05, 4.69) is 6.58 Å². The highest BCUT2D eigenvalue weighted by Gasteiger charge is 2.11. The van der Waals surface area contributed by atoms with Crippen LogP contribution in [-0.2, 0) is 11.3 Å². The van der Waals surface area contributed by atoms with Crippen LogP contribution in [0.15, 0.2) is 24.8 Å². The summed E-state index contributed by atoms with van der Waals surface area (Å²) in [7, 11) is 0. The van der Waals surface area contributed by atoms with Crippen molar-refractivity contribution in [2.45, 2.75) is 6.54 Å². The van der Waals surface area contributed by atoms with Crippen LogP contribution in [0.4, 0.5) is 0 Å². The lowest BCUT2D eigenvalue weighted by atomic mass is 10.4. The molecule has 0 aliphatic rings. The van der Waals surface area contributed by atoms with Gasteiger partial charge in [0.05, 0.1) is 17.4 Å². The van der Waals surface area contributed by atoms with Crippen LogP contribution in [0.25, 0.3) is 0 Å². The Hall–Kier alpha value is -0.550. The van der Waals surface area contributed by atoms with E-state index in [0.29, 0.717) is 13.1 Å². The Morgan fingerprint density at radius 3 is 2.75 bits per heavy atom. The molecule has 0 spiro atoms. The van der Waals surface area contributed by atoms with Crippen molar-refractivity contribution < 1.29 is 4.79 Å². The number of halogens is 2. The van der Waals surface area contributed by atoms with Gasteiger partial charge in [-0.1, -0.05) is 17.7 Å². The zero-order valence-corrected chi connectivity index (χ0v) is 11.1. The van der Waals surface area contributed by atoms with Gasteiger partial charge in [-0.25, -0.2) is 0 Å². The third kappa shape index (κ3) is 4.53. The molecule has 1 aromatic heterocycles. The average molecular weight is 281 g/mol. The van der Waals surface area contributed by atoms with E-state index in [9.17, 15) is 4.79 Å². The van der Waals surface area contributed by atoms with Gasteiger partial charge in [0, 0.05) is 11.4 Å². The first-order chi connectivity index (χ1) is 7.17. The van der Waals surface area contributed by atoms with Crippen molar-refractivity contribution in [2.75, 3.05) is 13.1 Å². The van der Waals surface area contributed by atoms with Crippen LogP contribution in [-0.4, -0.2) is 23.9 Å². The summed E-state index contributed by atoms with van der Waals surface area (Å²) < 4.78 is 0.726. The van der Waals surface area contributed by atoms with Crippen LogP contribution in [0.5, 0.6) is 0 Å². The highest BCUT2D eigenvalue weighted by molar-refractivity contribution is 7.16. The largest absolute Gasteiger partial charge is 0.333 e. The molecule has 1 amide bonds. The Morgan fingerprint density at radius 2 is 2.31 bits per heavy atom. The molecule has 0 aromatic carbocycles. The first-order valence-corrected chi connectivity index (χ1v) is 5.69. The second-order valence-corrected chi connectivity index (χ2v) is 4.77. The summed E-state index contributed by atoms with van der Waals surface area (Å²) in [6.45, 7) is 4.67. The summed E-state index contributed by atoms with van der Waals surface area (Å²) in [5.74, 6) is -0.0839. The van der Waals surface area contributed by atoms with Gasteiger partial charge >= 0.3 is 0 Å². The van der Waals surface area contributed by atoms with Crippen molar-refractivity contribution in [3.8, 4) is 0 Å². The summed E-state index contributed by atoms with van der Waals surface area (Å²) in [5.41, 5.74) is 5.31. The number of carbonyl (C=O) groups is 1. The number of rotatable bonds is 5. The van der Waals surface area contributed by atoms with E-state index in [4.69, 9.17) is 17.3 Å². The maximum Gasteiger partial charge on any atom is 0.236 e. The smallest absolute Gasteiger partial charge is 0.236 e. The topological polar surface area (TPSA) is 46.3 Å². The van der Waals surface area contributed by atoms with Crippen LogP contribution in [0.2, 0.25) is 4.34 Å². The van der Waals surface area contributed by atoms with Gasteiger partial charge in [0.1, 0.15) is 0 Å². The van der Waals surface area contributed by atoms with Gasteiger partial charge in [-0.05, 0) is 12.1 Å². The number of nitrogens with two attached hydrogens (primary N) is 1. The number of thiophene rings is 1. The molecule has 1 heterocycles. The number of carbonyl (C=O) groups excluding carboxylic acids is 1. The average Bonchev–Trinajstić information content (AvgIpc) is 2.62. The highest BCUT2D eigenvalue weighted by Crippen LogP contribution is 2.22. The Balaban J connectivity index is 0.00000225. The van der Waals surface area contributed by atoms with Crippen molar-refractivity contribution in [2.24, 2.45) is 5.73 Å². The van der Waals surface area contributed by atoms with Gasteiger partial charge in [0.15, 0.2) is 0 Å². The number of nitrogens with zero attached hydrogens (tertiary/aromatic N) is 1. The van der Waals surface area contributed by atoms with Gasteiger partial charge in [0.25, 0.3) is 0 Å². The summed E-state index contributed by atoms with van der Waals surface area (Å²) in [4.78, 5) is 14.1. The van der Waals surface area contributed by atoms with Gasteiger partial charge in [-0.3, -0.25) is 4.79 Å². The molecule has 6 heteroatoms. The maximum absolute atomic E-state index is 11.4. The van der Waals surface area contributed by atoms with Crippen LogP contribution >= 0.6 is 35.3 Å². The molecule has 0 unspecified atom stereocenters. The SMILES string of the molecule is C=CCN(Cc1ccc(Cl)s1)C(=O)CN.Cl. The lowest BCUT2D eigenvalue weighted by molar-refractivity contribution is -0.129. The molecule has 3 nitrogen and oxygen atoms in total. The fraction of sp³-hybridized carbons (Fsp3) is 0.300. The predicted molar refractivity (Wildman–Crippen MR) is 71.2 cm³/mol. The standard InChI is InChI=1S/C10H13ClN2OS.ClH/c1-2-5-13(10(14)6-12)7-8-3-4-9(11)15-8;/h2-4H,1,5-7,12H2;1H.